The van der Waals surface area contributed by atoms with Crippen molar-refractivity contribution < 1.29 is 0 Å². The van der Waals surface area contributed by atoms with E-state index in [0.29, 0.717) is 16.7 Å². The molecule has 0 fully saturated rings. The van der Waals surface area contributed by atoms with E-state index in [1.165, 1.54) is 0 Å². The van der Waals surface area contributed by atoms with Gasteiger partial charge in [0, 0.05) is 5.71 Å². The normalized spacial score (nSPS) is 8.78. The van der Waals surface area contributed by atoms with Crippen LogP contribution in [0.4, 0.5) is 0 Å². The summed E-state index contributed by atoms with van der Waals surface area (Å²) >= 11 is 15.6. The van der Waals surface area contributed by atoms with Crippen LogP contribution in [0.15, 0.2) is 4.99 Å². The zero-order chi connectivity index (χ0) is 7.28. The van der Waals surface area contributed by atoms with E-state index in [1.54, 1.807) is 6.92 Å². The van der Waals surface area contributed by atoms with Crippen LogP contribution in [0.3, 0.4) is 0 Å². The molecule has 0 saturated carbocycles. The Morgan fingerprint density at radius 2 is 1.89 bits per heavy atom. The van der Waals surface area contributed by atoms with Gasteiger partial charge in [-0.05, 0) is 6.92 Å². The number of halogens is 2. The summed E-state index contributed by atoms with van der Waals surface area (Å²) < 4.78 is 0. The van der Waals surface area contributed by atoms with Crippen molar-refractivity contribution in [2.45, 2.75) is 6.92 Å². The van der Waals surface area contributed by atoms with Gasteiger partial charge in [-0.1, -0.05) is 12.2 Å². The highest BCUT2D eigenvalue weighted by atomic mass is 35.5. The summed E-state index contributed by atoms with van der Waals surface area (Å²) in [5.41, 5.74) is 0.728. The molecule has 4 heteroatoms. The Labute approximate surface area is 70.1 Å². The minimum atomic E-state index is 0.359. The first-order valence-electron chi connectivity index (χ1n) is 2.39. The smallest absolute Gasteiger partial charge is 0.0998 e. The van der Waals surface area contributed by atoms with Crippen molar-refractivity contribution in [3.8, 4) is 0 Å². The summed E-state index contributed by atoms with van der Waals surface area (Å²) in [7, 11) is 0. The summed E-state index contributed by atoms with van der Waals surface area (Å²) in [5, 5.41) is 0. The molecule has 0 amide bonds. The van der Waals surface area contributed by atoms with Gasteiger partial charge in [-0.15, -0.1) is 23.2 Å². The van der Waals surface area contributed by atoms with Gasteiger partial charge in [0.05, 0.1) is 16.7 Å². The quantitative estimate of drug-likeness (QED) is 0.364. The number of hydrogen-bond donors (Lipinski definition) is 0. The molecule has 0 aromatic carbocycles. The van der Waals surface area contributed by atoms with Crippen LogP contribution in [0, 0.1) is 0 Å². The summed E-state index contributed by atoms with van der Waals surface area (Å²) in [6.45, 7) is 1.73. The molecule has 1 nitrogen and oxygen atoms in total. The van der Waals surface area contributed by atoms with Crippen molar-refractivity contribution in [3.05, 3.63) is 0 Å². The standard InChI is InChI=1S/C5H7Cl2NS/c1-4(9)8-5(2-6)3-7/h2-3H2,1H3. The monoisotopic (exact) mass is 183 g/mol. The van der Waals surface area contributed by atoms with Gasteiger partial charge >= 0.3 is 0 Å². The van der Waals surface area contributed by atoms with Gasteiger partial charge in [0.25, 0.3) is 0 Å². The van der Waals surface area contributed by atoms with Gasteiger partial charge in [-0.2, -0.15) is 0 Å². The van der Waals surface area contributed by atoms with Crippen LogP contribution in [0.2, 0.25) is 0 Å². The maximum Gasteiger partial charge on any atom is 0.0998 e. The molecule has 0 aliphatic carbocycles. The highest BCUT2D eigenvalue weighted by molar-refractivity contribution is 7.80. The zero-order valence-corrected chi connectivity index (χ0v) is 7.35. The molecule has 0 atom stereocenters. The number of thiocarbonyl (C=S) groups is 1. The van der Waals surface area contributed by atoms with E-state index >= 15 is 0 Å². The van der Waals surface area contributed by atoms with Crippen molar-refractivity contribution in [1.82, 2.24) is 0 Å². The average Bonchev–Trinajstić information content (AvgIpc) is 1.82. The van der Waals surface area contributed by atoms with E-state index in [-0.39, 0.29) is 0 Å². The average molecular weight is 184 g/mol. The summed E-state index contributed by atoms with van der Waals surface area (Å²) in [5.74, 6) is 0.717. The lowest BCUT2D eigenvalue weighted by Gasteiger charge is -1.92. The van der Waals surface area contributed by atoms with Crippen LogP contribution in [0.1, 0.15) is 6.92 Å². The molecule has 0 aliphatic rings. The van der Waals surface area contributed by atoms with Gasteiger partial charge in [0.15, 0.2) is 0 Å². The van der Waals surface area contributed by atoms with Crippen molar-refractivity contribution >= 4 is 46.1 Å². The lowest BCUT2D eigenvalue weighted by Crippen LogP contribution is -2.03. The first kappa shape index (κ1) is 9.34. The van der Waals surface area contributed by atoms with Gasteiger partial charge in [-0.3, -0.25) is 0 Å². The SMILES string of the molecule is CC(=S)N=C(CCl)CCl. The van der Waals surface area contributed by atoms with Crippen LogP contribution >= 0.6 is 35.4 Å². The third kappa shape index (κ3) is 4.82. The molecule has 52 valence electrons. The van der Waals surface area contributed by atoms with E-state index in [0.717, 1.165) is 5.71 Å². The first-order valence-corrected chi connectivity index (χ1v) is 3.87. The molecule has 0 spiro atoms. The van der Waals surface area contributed by atoms with Crippen LogP contribution in [-0.2, 0) is 0 Å². The van der Waals surface area contributed by atoms with Crippen LogP contribution in [0.5, 0.6) is 0 Å². The molecule has 0 unspecified atom stereocenters. The van der Waals surface area contributed by atoms with Crippen molar-refractivity contribution in [3.63, 3.8) is 0 Å². The number of alkyl halides is 2. The van der Waals surface area contributed by atoms with Crippen LogP contribution < -0.4 is 0 Å². The highest BCUT2D eigenvalue weighted by Gasteiger charge is 1.93. The van der Waals surface area contributed by atoms with Crippen LogP contribution in [0.25, 0.3) is 0 Å². The lowest BCUT2D eigenvalue weighted by molar-refractivity contribution is 1.59. The van der Waals surface area contributed by atoms with Crippen molar-refractivity contribution in [2.75, 3.05) is 11.8 Å². The van der Waals surface area contributed by atoms with E-state index in [4.69, 9.17) is 35.4 Å². The Hall–Kier alpha value is 0.340. The molecule has 0 heterocycles. The first-order chi connectivity index (χ1) is 4.20. The van der Waals surface area contributed by atoms with Gasteiger partial charge in [0.2, 0.25) is 0 Å². The molecule has 0 bridgehead atoms. The molecular formula is C5H7Cl2NS. The van der Waals surface area contributed by atoms with Crippen LogP contribution in [-0.4, -0.2) is 22.5 Å². The Morgan fingerprint density at radius 1 is 1.44 bits per heavy atom. The fourth-order valence-corrected chi connectivity index (χ4v) is 0.852. The molecular weight excluding hydrogens is 177 g/mol. The third-order valence-corrected chi connectivity index (χ3v) is 1.33. The molecule has 0 aliphatic heterocycles. The molecule has 0 N–H and O–H groups in total. The second-order valence-electron chi connectivity index (χ2n) is 1.46. The third-order valence-electron chi connectivity index (χ3n) is 0.624. The number of rotatable bonds is 2. The number of nitrogens with zero attached hydrogens (tertiary/aromatic N) is 1. The Balaban J connectivity index is 3.91. The molecule has 0 rings (SSSR count). The fraction of sp³-hybridized carbons (Fsp3) is 0.600. The Morgan fingerprint density at radius 3 is 2.00 bits per heavy atom. The summed E-state index contributed by atoms with van der Waals surface area (Å²) in [4.78, 5) is 4.47. The zero-order valence-electron chi connectivity index (χ0n) is 5.03. The second kappa shape index (κ2) is 5.15. The number of aliphatic imine (C=N–C) groups is 1. The molecule has 0 aromatic heterocycles. The molecule has 9 heavy (non-hydrogen) atoms. The fourth-order valence-electron chi connectivity index (χ4n) is 0.318. The lowest BCUT2D eigenvalue weighted by atomic mass is 10.5. The van der Waals surface area contributed by atoms with E-state index in [1.807, 2.05) is 0 Å². The molecule has 0 saturated heterocycles. The van der Waals surface area contributed by atoms with Gasteiger partial charge in [0.1, 0.15) is 0 Å². The minimum absolute atomic E-state index is 0.359. The summed E-state index contributed by atoms with van der Waals surface area (Å²) in [6, 6.07) is 0. The Kier molecular flexibility index (Phi) is 5.35. The topological polar surface area (TPSA) is 12.4 Å². The van der Waals surface area contributed by atoms with E-state index in [2.05, 4.69) is 4.99 Å². The predicted molar refractivity (Wildman–Crippen MR) is 47.1 cm³/mol. The second-order valence-corrected chi connectivity index (χ2v) is 2.59. The van der Waals surface area contributed by atoms with Gasteiger partial charge in [-0.25, -0.2) is 4.99 Å². The largest absolute Gasteiger partial charge is 0.248 e. The maximum absolute atomic E-state index is 5.44. The van der Waals surface area contributed by atoms with E-state index < -0.39 is 0 Å². The Bertz CT molecular complexity index is 127. The predicted octanol–water partition coefficient (Wildman–Crippen LogP) is 2.25. The molecule has 0 aromatic rings. The summed E-state index contributed by atoms with van der Waals surface area (Å²) in [6.07, 6.45) is 0. The number of hydrogen-bond acceptors (Lipinski definition) is 1. The van der Waals surface area contributed by atoms with Crippen molar-refractivity contribution in [1.29, 1.82) is 0 Å². The van der Waals surface area contributed by atoms with Gasteiger partial charge < -0.3 is 0 Å². The minimum Gasteiger partial charge on any atom is -0.248 e. The van der Waals surface area contributed by atoms with E-state index in [9.17, 15) is 0 Å². The van der Waals surface area contributed by atoms with Crippen molar-refractivity contribution in [2.24, 2.45) is 4.99 Å². The molecule has 0 radical (unpaired) electrons. The highest BCUT2D eigenvalue weighted by Crippen LogP contribution is 1.89. The maximum atomic E-state index is 5.44.